The highest BCUT2D eigenvalue weighted by Crippen LogP contribution is 2.34. The lowest BCUT2D eigenvalue weighted by atomic mass is 10.1. The Morgan fingerprint density at radius 2 is 1.61 bits per heavy atom. The van der Waals surface area contributed by atoms with Gasteiger partial charge in [-0.3, -0.25) is 14.0 Å². The minimum Gasteiger partial charge on any atom is -0.454 e. The van der Waals surface area contributed by atoms with E-state index in [0.717, 1.165) is 21.4 Å². The van der Waals surface area contributed by atoms with E-state index in [9.17, 15) is 13.2 Å². The van der Waals surface area contributed by atoms with Gasteiger partial charge in [0.15, 0.2) is 11.5 Å². The molecule has 8 nitrogen and oxygen atoms in total. The summed E-state index contributed by atoms with van der Waals surface area (Å²) in [7, 11) is -4.05. The number of nitrogens with zero attached hydrogens (tertiary/aromatic N) is 3. The number of hydrogen-bond donors (Lipinski definition) is 0. The highest BCUT2D eigenvalue weighted by atomic mass is 35.5. The van der Waals surface area contributed by atoms with Crippen LogP contribution in [0.5, 0.6) is 11.5 Å². The van der Waals surface area contributed by atoms with Gasteiger partial charge in [0.1, 0.15) is 6.54 Å². The van der Waals surface area contributed by atoms with Crippen LogP contribution < -0.4 is 13.8 Å². The van der Waals surface area contributed by atoms with Gasteiger partial charge in [-0.15, -0.1) is 12.4 Å². The van der Waals surface area contributed by atoms with Gasteiger partial charge >= 0.3 is 0 Å². The Hall–Kier alpha value is -2.69. The fraction of sp³-hybridized carbons (Fsp3) is 0.269. The Kier molecular flexibility index (Phi) is 8.95. The molecule has 2 aliphatic rings. The Morgan fingerprint density at radius 1 is 0.895 bits per heavy atom. The zero-order valence-corrected chi connectivity index (χ0v) is 23.4. The monoisotopic (exact) mass is 597 g/mol. The van der Waals surface area contributed by atoms with Crippen molar-refractivity contribution in [3.05, 3.63) is 82.3 Å². The summed E-state index contributed by atoms with van der Waals surface area (Å²) >= 11 is 12.4. The van der Waals surface area contributed by atoms with Crippen molar-refractivity contribution < 1.29 is 22.7 Å². The molecule has 38 heavy (non-hydrogen) atoms. The van der Waals surface area contributed by atoms with Crippen LogP contribution in [0.25, 0.3) is 0 Å². The molecule has 0 aliphatic carbocycles. The first-order chi connectivity index (χ1) is 17.8. The van der Waals surface area contributed by atoms with E-state index in [4.69, 9.17) is 32.7 Å². The maximum atomic E-state index is 13.6. The normalized spacial score (nSPS) is 15.2. The number of amides is 1. The van der Waals surface area contributed by atoms with Crippen LogP contribution in [0.3, 0.4) is 0 Å². The SMILES string of the molecule is Cl.O=C(CN(c1ccc(Cl)cc1Cl)S(=O)(=O)c1ccccc1)N1CCN(Cc2ccc3c(c2)OCO3)CC1. The summed E-state index contributed by atoms with van der Waals surface area (Å²) < 4.78 is 39.0. The molecular formula is C26H26Cl3N3O5S. The van der Waals surface area contributed by atoms with Crippen molar-refractivity contribution in [3.63, 3.8) is 0 Å². The zero-order valence-electron chi connectivity index (χ0n) is 20.3. The summed E-state index contributed by atoms with van der Waals surface area (Å²) in [6, 6.07) is 18.4. The van der Waals surface area contributed by atoms with E-state index in [-0.39, 0.29) is 47.3 Å². The molecule has 0 saturated carbocycles. The molecule has 3 aromatic rings. The number of sulfonamides is 1. The third kappa shape index (κ3) is 6.13. The summed E-state index contributed by atoms with van der Waals surface area (Å²) in [6.07, 6.45) is 0. The molecule has 0 aromatic heterocycles. The number of carbonyl (C=O) groups excluding carboxylic acids is 1. The van der Waals surface area contributed by atoms with Crippen molar-refractivity contribution in [1.82, 2.24) is 9.80 Å². The summed E-state index contributed by atoms with van der Waals surface area (Å²) in [5, 5.41) is 0.518. The molecule has 0 bridgehead atoms. The van der Waals surface area contributed by atoms with Gasteiger partial charge in [0, 0.05) is 37.7 Å². The van der Waals surface area contributed by atoms with Crippen LogP contribution in [0.1, 0.15) is 5.56 Å². The first-order valence-electron chi connectivity index (χ1n) is 11.7. The molecule has 3 aromatic carbocycles. The highest BCUT2D eigenvalue weighted by molar-refractivity contribution is 7.92. The quantitative estimate of drug-likeness (QED) is 0.393. The third-order valence-electron chi connectivity index (χ3n) is 6.36. The molecule has 12 heteroatoms. The second-order valence-corrected chi connectivity index (χ2v) is 11.5. The Balaban J connectivity index is 0.00000336. The van der Waals surface area contributed by atoms with Crippen molar-refractivity contribution in [2.24, 2.45) is 0 Å². The standard InChI is InChI=1S/C26H25Cl2N3O5S.ClH/c27-20-7-8-23(22(28)15-20)31(37(33,34)21-4-2-1-3-5-21)17-26(32)30-12-10-29(11-13-30)16-19-6-9-24-25(14-19)36-18-35-24;/h1-9,14-15H,10-13,16-18H2;1H. The highest BCUT2D eigenvalue weighted by Gasteiger charge is 2.31. The topological polar surface area (TPSA) is 79.4 Å². The second-order valence-electron chi connectivity index (χ2n) is 8.77. The molecule has 1 fully saturated rings. The van der Waals surface area contributed by atoms with Crippen LogP contribution in [-0.4, -0.2) is 63.6 Å². The van der Waals surface area contributed by atoms with Crippen LogP contribution in [0.2, 0.25) is 10.0 Å². The molecule has 0 N–H and O–H groups in total. The van der Waals surface area contributed by atoms with E-state index in [1.54, 1.807) is 29.2 Å². The van der Waals surface area contributed by atoms with Gasteiger partial charge in [-0.05, 0) is 48.0 Å². The van der Waals surface area contributed by atoms with Crippen LogP contribution in [0.15, 0.2) is 71.6 Å². The smallest absolute Gasteiger partial charge is 0.264 e. The van der Waals surface area contributed by atoms with Gasteiger partial charge in [-0.25, -0.2) is 8.42 Å². The average molecular weight is 599 g/mol. The fourth-order valence-corrected chi connectivity index (χ4v) is 6.39. The lowest BCUT2D eigenvalue weighted by Crippen LogP contribution is -2.51. The third-order valence-corrected chi connectivity index (χ3v) is 8.67. The summed E-state index contributed by atoms with van der Waals surface area (Å²) in [5.74, 6) is 1.19. The fourth-order valence-electron chi connectivity index (χ4n) is 4.38. The summed E-state index contributed by atoms with van der Waals surface area (Å²) in [6.45, 7) is 2.86. The number of piperazine rings is 1. The number of ether oxygens (including phenoxy) is 2. The van der Waals surface area contributed by atoms with E-state index < -0.39 is 10.0 Å². The molecule has 0 unspecified atom stereocenters. The summed E-state index contributed by atoms with van der Waals surface area (Å²) in [5.41, 5.74) is 1.30. The van der Waals surface area contributed by atoms with Gasteiger partial charge in [-0.1, -0.05) is 47.5 Å². The van der Waals surface area contributed by atoms with Gasteiger partial charge in [0.05, 0.1) is 15.6 Å². The van der Waals surface area contributed by atoms with Gasteiger partial charge in [-0.2, -0.15) is 0 Å². The predicted molar refractivity (Wildman–Crippen MR) is 149 cm³/mol. The molecule has 2 heterocycles. The van der Waals surface area contributed by atoms with Crippen molar-refractivity contribution in [1.29, 1.82) is 0 Å². The maximum Gasteiger partial charge on any atom is 0.264 e. The first-order valence-corrected chi connectivity index (χ1v) is 13.9. The largest absolute Gasteiger partial charge is 0.454 e. The minimum absolute atomic E-state index is 0. The van der Waals surface area contributed by atoms with Crippen molar-refractivity contribution in [2.45, 2.75) is 11.4 Å². The van der Waals surface area contributed by atoms with Crippen LogP contribution in [-0.2, 0) is 21.4 Å². The lowest BCUT2D eigenvalue weighted by molar-refractivity contribution is -0.131. The Labute approximate surface area is 238 Å². The molecule has 1 amide bonds. The Bertz CT molecular complexity index is 1400. The van der Waals surface area contributed by atoms with Gasteiger partial charge in [0.25, 0.3) is 10.0 Å². The Morgan fingerprint density at radius 3 is 2.32 bits per heavy atom. The molecule has 0 atom stereocenters. The van der Waals surface area contributed by atoms with Crippen molar-refractivity contribution in [3.8, 4) is 11.5 Å². The van der Waals surface area contributed by atoms with E-state index in [2.05, 4.69) is 4.90 Å². The number of hydrogen-bond acceptors (Lipinski definition) is 6. The number of anilines is 1. The molecule has 0 spiro atoms. The van der Waals surface area contributed by atoms with Crippen LogP contribution in [0.4, 0.5) is 5.69 Å². The number of benzene rings is 3. The van der Waals surface area contributed by atoms with Crippen molar-refractivity contribution >= 4 is 57.2 Å². The average Bonchev–Trinajstić information content (AvgIpc) is 3.36. The molecular weight excluding hydrogens is 573 g/mol. The van der Waals surface area contributed by atoms with E-state index >= 15 is 0 Å². The molecule has 2 aliphatic heterocycles. The maximum absolute atomic E-state index is 13.6. The number of carbonyl (C=O) groups is 1. The minimum atomic E-state index is -4.05. The molecule has 0 radical (unpaired) electrons. The molecule has 202 valence electrons. The van der Waals surface area contributed by atoms with Crippen LogP contribution in [0, 0.1) is 0 Å². The van der Waals surface area contributed by atoms with Gasteiger partial charge < -0.3 is 14.4 Å². The first kappa shape index (κ1) is 28.3. The second kappa shape index (κ2) is 12.0. The lowest BCUT2D eigenvalue weighted by Gasteiger charge is -2.36. The van der Waals surface area contributed by atoms with Gasteiger partial charge in [0.2, 0.25) is 12.7 Å². The van der Waals surface area contributed by atoms with E-state index in [1.165, 1.54) is 24.3 Å². The molecule has 5 rings (SSSR count). The predicted octanol–water partition coefficient (Wildman–Crippen LogP) is 4.68. The zero-order chi connectivity index (χ0) is 26.0. The number of fused-ring (bicyclic) bond motifs is 1. The molecule has 1 saturated heterocycles. The number of halogens is 3. The number of rotatable bonds is 7. The van der Waals surface area contributed by atoms with E-state index in [0.29, 0.717) is 37.7 Å². The van der Waals surface area contributed by atoms with Crippen LogP contribution >= 0.6 is 35.6 Å². The summed E-state index contributed by atoms with van der Waals surface area (Å²) in [4.78, 5) is 17.3. The van der Waals surface area contributed by atoms with E-state index in [1.807, 2.05) is 18.2 Å². The van der Waals surface area contributed by atoms with Crippen molar-refractivity contribution in [2.75, 3.05) is 43.8 Å².